The van der Waals surface area contributed by atoms with Crippen LogP contribution in [-0.4, -0.2) is 6.61 Å². The first kappa shape index (κ1) is 11.1. The molecule has 0 saturated carbocycles. The normalized spacial score (nSPS) is 18.7. The molecule has 0 amide bonds. The Hall–Kier alpha value is -0.800. The number of rotatable bonds is 1. The lowest BCUT2D eigenvalue weighted by Crippen LogP contribution is -1.85. The van der Waals surface area contributed by atoms with E-state index in [0.29, 0.717) is 10.0 Å². The number of halogens is 2. The van der Waals surface area contributed by atoms with Crippen molar-refractivity contribution in [1.82, 2.24) is 0 Å². The van der Waals surface area contributed by atoms with Gasteiger partial charge in [0.2, 0.25) is 0 Å². The van der Waals surface area contributed by atoms with Gasteiger partial charge < -0.3 is 4.74 Å². The molecule has 1 aliphatic heterocycles. The zero-order chi connectivity index (χ0) is 12.3. The van der Waals surface area contributed by atoms with Crippen LogP contribution in [0.4, 0.5) is 0 Å². The van der Waals surface area contributed by atoms with Gasteiger partial charge in [-0.2, -0.15) is 0 Å². The maximum Gasteiger partial charge on any atom is 0.107 e. The highest BCUT2D eigenvalue weighted by atomic mass is 35.5. The Balaban J connectivity index is 2.21. The predicted molar refractivity (Wildman–Crippen MR) is 78.0 cm³/mol. The number of thiophene rings is 1. The summed E-state index contributed by atoms with van der Waals surface area (Å²) in [4.78, 5) is 0. The molecule has 1 nitrogen and oxygen atoms in total. The lowest BCUT2D eigenvalue weighted by Gasteiger charge is -2.07. The van der Waals surface area contributed by atoms with E-state index < -0.39 is 0 Å². The molecule has 1 atom stereocenters. The molecule has 1 aromatic heterocycles. The first-order chi connectivity index (χ1) is 8.74. The summed E-state index contributed by atoms with van der Waals surface area (Å²) in [6.45, 7) is 0.807. The van der Waals surface area contributed by atoms with E-state index in [0.717, 1.165) is 17.4 Å². The maximum absolute atomic E-state index is 6.31. The van der Waals surface area contributed by atoms with E-state index in [4.69, 9.17) is 27.9 Å². The van der Waals surface area contributed by atoms with Crippen LogP contribution in [0.3, 0.4) is 0 Å². The Kier molecular flexibility index (Phi) is 2.36. The predicted octanol–water partition coefficient (Wildman–Crippen LogP) is 5.43. The number of fused-ring (bicyclic) bond motifs is 3. The van der Waals surface area contributed by atoms with E-state index in [-0.39, 0.29) is 6.10 Å². The summed E-state index contributed by atoms with van der Waals surface area (Å²) in [6.07, 6.45) is 0.234. The molecule has 4 rings (SSSR count). The molecule has 0 N–H and O–H groups in total. The van der Waals surface area contributed by atoms with Crippen molar-refractivity contribution in [3.05, 3.63) is 45.3 Å². The van der Waals surface area contributed by atoms with Crippen LogP contribution in [0.2, 0.25) is 10.0 Å². The molecule has 90 valence electrons. The van der Waals surface area contributed by atoms with E-state index in [1.807, 2.05) is 6.07 Å². The summed E-state index contributed by atoms with van der Waals surface area (Å²) in [5.41, 5.74) is 1.24. The molecule has 0 aliphatic carbocycles. The molecular weight excluding hydrogens is 287 g/mol. The maximum atomic E-state index is 6.31. The average Bonchev–Trinajstić information content (AvgIpc) is 3.04. The second kappa shape index (κ2) is 3.84. The molecule has 1 fully saturated rings. The fraction of sp³-hybridized carbons (Fsp3) is 0.143. The van der Waals surface area contributed by atoms with Gasteiger partial charge in [0.25, 0.3) is 0 Å². The van der Waals surface area contributed by atoms with Crippen molar-refractivity contribution in [2.75, 3.05) is 6.61 Å². The summed E-state index contributed by atoms with van der Waals surface area (Å²) in [6, 6.07) is 8.06. The van der Waals surface area contributed by atoms with Gasteiger partial charge in [-0.15, -0.1) is 11.3 Å². The van der Waals surface area contributed by atoms with Crippen LogP contribution in [-0.2, 0) is 4.74 Å². The zero-order valence-electron chi connectivity index (χ0n) is 9.24. The molecule has 0 radical (unpaired) electrons. The third kappa shape index (κ3) is 1.57. The molecule has 4 heteroatoms. The van der Waals surface area contributed by atoms with E-state index >= 15 is 0 Å². The second-order valence-electron chi connectivity index (χ2n) is 4.43. The number of epoxide rings is 1. The van der Waals surface area contributed by atoms with Crippen LogP contribution in [0, 0.1) is 0 Å². The van der Waals surface area contributed by atoms with Crippen LogP contribution in [0.5, 0.6) is 0 Å². The quantitative estimate of drug-likeness (QED) is 0.545. The van der Waals surface area contributed by atoms with Crippen LogP contribution in [0.25, 0.3) is 20.9 Å². The first-order valence-corrected chi connectivity index (χ1v) is 7.28. The van der Waals surface area contributed by atoms with Gasteiger partial charge in [0.05, 0.1) is 6.61 Å². The number of ether oxygens (including phenoxy) is 1. The molecule has 2 aromatic carbocycles. The standard InChI is InChI=1S/C14H8Cl2OS/c15-7-3-11-9(12(16)4-7)5-10(13-6-17-13)8-1-2-18-14(8)11/h1-5,13H,6H2. The van der Waals surface area contributed by atoms with Gasteiger partial charge in [-0.05, 0) is 40.6 Å². The Morgan fingerprint density at radius 3 is 2.72 bits per heavy atom. The SMILES string of the molecule is Clc1cc(Cl)c2cc(C3CO3)c3ccsc3c2c1. The Morgan fingerprint density at radius 2 is 1.94 bits per heavy atom. The number of benzene rings is 2. The fourth-order valence-electron chi connectivity index (χ4n) is 2.39. The summed E-state index contributed by atoms with van der Waals surface area (Å²) in [7, 11) is 0. The van der Waals surface area contributed by atoms with Gasteiger partial charge in [-0.25, -0.2) is 0 Å². The van der Waals surface area contributed by atoms with Crippen molar-refractivity contribution >= 4 is 55.4 Å². The fourth-order valence-corrected chi connectivity index (χ4v) is 3.89. The van der Waals surface area contributed by atoms with Crippen molar-refractivity contribution in [2.24, 2.45) is 0 Å². The molecule has 18 heavy (non-hydrogen) atoms. The summed E-state index contributed by atoms with van der Waals surface area (Å²) >= 11 is 14.1. The van der Waals surface area contributed by atoms with Crippen molar-refractivity contribution in [1.29, 1.82) is 0 Å². The van der Waals surface area contributed by atoms with E-state index in [9.17, 15) is 0 Å². The third-order valence-corrected chi connectivity index (χ3v) is 4.77. The summed E-state index contributed by atoms with van der Waals surface area (Å²) in [5, 5.41) is 6.93. The molecule has 1 unspecified atom stereocenters. The van der Waals surface area contributed by atoms with Crippen molar-refractivity contribution in [3.8, 4) is 0 Å². The Labute approximate surface area is 118 Å². The molecule has 0 bridgehead atoms. The minimum absolute atomic E-state index is 0.234. The smallest absolute Gasteiger partial charge is 0.107 e. The van der Waals surface area contributed by atoms with Crippen molar-refractivity contribution in [2.45, 2.75) is 6.10 Å². The molecular formula is C14H8Cl2OS. The van der Waals surface area contributed by atoms with Gasteiger partial charge in [0, 0.05) is 25.5 Å². The summed E-state index contributed by atoms with van der Waals surface area (Å²) < 4.78 is 6.66. The van der Waals surface area contributed by atoms with E-state index in [1.165, 1.54) is 15.6 Å². The van der Waals surface area contributed by atoms with Crippen LogP contribution >= 0.6 is 34.5 Å². The monoisotopic (exact) mass is 294 g/mol. The Bertz CT molecular complexity index is 774. The zero-order valence-corrected chi connectivity index (χ0v) is 11.6. The van der Waals surface area contributed by atoms with Gasteiger partial charge in [0.15, 0.2) is 0 Å². The van der Waals surface area contributed by atoms with Gasteiger partial charge in [-0.3, -0.25) is 0 Å². The highest BCUT2D eigenvalue weighted by Gasteiger charge is 2.28. The molecule has 1 saturated heterocycles. The molecule has 3 aromatic rings. The summed E-state index contributed by atoms with van der Waals surface area (Å²) in [5.74, 6) is 0. The van der Waals surface area contributed by atoms with Crippen LogP contribution < -0.4 is 0 Å². The van der Waals surface area contributed by atoms with Crippen LogP contribution in [0.1, 0.15) is 11.7 Å². The molecule has 0 spiro atoms. The first-order valence-electron chi connectivity index (χ1n) is 5.64. The molecule has 1 aliphatic rings. The highest BCUT2D eigenvalue weighted by molar-refractivity contribution is 7.18. The van der Waals surface area contributed by atoms with E-state index in [1.54, 1.807) is 17.4 Å². The number of hydrogen-bond acceptors (Lipinski definition) is 2. The van der Waals surface area contributed by atoms with E-state index in [2.05, 4.69) is 17.5 Å². The average molecular weight is 295 g/mol. The largest absolute Gasteiger partial charge is 0.368 e. The van der Waals surface area contributed by atoms with Crippen molar-refractivity contribution < 1.29 is 4.74 Å². The lowest BCUT2D eigenvalue weighted by atomic mass is 10.0. The van der Waals surface area contributed by atoms with Gasteiger partial charge in [-0.1, -0.05) is 23.2 Å². The third-order valence-electron chi connectivity index (χ3n) is 3.30. The van der Waals surface area contributed by atoms with Gasteiger partial charge in [0.1, 0.15) is 6.10 Å². The highest BCUT2D eigenvalue weighted by Crippen LogP contribution is 2.43. The Morgan fingerprint density at radius 1 is 1.11 bits per heavy atom. The van der Waals surface area contributed by atoms with Crippen molar-refractivity contribution in [3.63, 3.8) is 0 Å². The van der Waals surface area contributed by atoms with Crippen LogP contribution in [0.15, 0.2) is 29.6 Å². The van der Waals surface area contributed by atoms with Gasteiger partial charge >= 0.3 is 0 Å². The topological polar surface area (TPSA) is 12.5 Å². The lowest BCUT2D eigenvalue weighted by molar-refractivity contribution is 0.417. The number of hydrogen-bond donors (Lipinski definition) is 0. The minimum Gasteiger partial charge on any atom is -0.368 e. The minimum atomic E-state index is 0.234. The second-order valence-corrected chi connectivity index (χ2v) is 6.19. The molecule has 2 heterocycles.